The van der Waals surface area contributed by atoms with Crippen molar-refractivity contribution in [1.29, 1.82) is 0 Å². The van der Waals surface area contributed by atoms with Crippen LogP contribution in [-0.2, 0) is 20.3 Å². The van der Waals surface area contributed by atoms with Crippen molar-refractivity contribution in [3.63, 3.8) is 0 Å². The number of hydrogen-bond donors (Lipinski definition) is 0. The number of fused-ring (bicyclic) bond motifs is 1. The summed E-state index contributed by atoms with van der Waals surface area (Å²) in [5.74, 6) is -0.0921. The molecule has 1 aliphatic rings. The number of hydrogen-bond acceptors (Lipinski definition) is 3. The number of carbonyl (C=O) groups excluding carboxylic acids is 1. The number of rotatable bonds is 1. The third kappa shape index (κ3) is 2.17. The van der Waals surface area contributed by atoms with Crippen LogP contribution in [0.2, 0.25) is 0 Å². The maximum atomic E-state index is 11.4. The molecule has 4 nitrogen and oxygen atoms in total. The van der Waals surface area contributed by atoms with Gasteiger partial charge in [0.25, 0.3) is 9.05 Å². The minimum Gasteiger partial charge on any atom is -0.312 e. The standard InChI is InChI=1S/C11H12ClNO3S/c1-7-5-9-3-4-13(8(2)14)10(9)6-11(7)17(12,15)16/h5-6H,3-4H2,1-2H3. The van der Waals surface area contributed by atoms with Gasteiger partial charge < -0.3 is 4.90 Å². The van der Waals surface area contributed by atoms with Gasteiger partial charge in [-0.1, -0.05) is 6.07 Å². The Hall–Kier alpha value is -1.07. The second kappa shape index (κ2) is 3.99. The van der Waals surface area contributed by atoms with Gasteiger partial charge in [0.2, 0.25) is 5.91 Å². The van der Waals surface area contributed by atoms with Crippen LogP contribution in [0.5, 0.6) is 0 Å². The quantitative estimate of drug-likeness (QED) is 0.734. The average molecular weight is 274 g/mol. The van der Waals surface area contributed by atoms with Gasteiger partial charge in [-0.3, -0.25) is 4.79 Å². The summed E-state index contributed by atoms with van der Waals surface area (Å²) in [7, 11) is 1.59. The van der Waals surface area contributed by atoms with Crippen LogP contribution in [0.25, 0.3) is 0 Å². The predicted octanol–water partition coefficient (Wildman–Crippen LogP) is 1.83. The molecule has 0 saturated carbocycles. The van der Waals surface area contributed by atoms with Crippen LogP contribution in [0.15, 0.2) is 17.0 Å². The Morgan fingerprint density at radius 1 is 1.41 bits per heavy atom. The maximum Gasteiger partial charge on any atom is 0.261 e. The van der Waals surface area contributed by atoms with Gasteiger partial charge in [0.1, 0.15) is 0 Å². The molecule has 0 unspecified atom stereocenters. The van der Waals surface area contributed by atoms with E-state index in [9.17, 15) is 13.2 Å². The molecule has 2 rings (SSSR count). The van der Waals surface area contributed by atoms with E-state index in [1.165, 1.54) is 13.0 Å². The molecule has 1 heterocycles. The first-order chi connectivity index (χ1) is 7.80. The number of amides is 1. The summed E-state index contributed by atoms with van der Waals surface area (Å²) in [4.78, 5) is 13.0. The molecular formula is C11H12ClNO3S. The molecule has 0 aromatic heterocycles. The van der Waals surface area contributed by atoms with Crippen molar-refractivity contribution in [2.75, 3.05) is 11.4 Å². The molecule has 0 saturated heterocycles. The van der Waals surface area contributed by atoms with Crippen LogP contribution in [0.1, 0.15) is 18.1 Å². The van der Waals surface area contributed by atoms with E-state index in [2.05, 4.69) is 0 Å². The molecule has 0 spiro atoms. The molecule has 92 valence electrons. The molecule has 6 heteroatoms. The van der Waals surface area contributed by atoms with Crippen LogP contribution in [-0.4, -0.2) is 20.9 Å². The van der Waals surface area contributed by atoms with E-state index in [-0.39, 0.29) is 10.8 Å². The van der Waals surface area contributed by atoms with E-state index in [4.69, 9.17) is 10.7 Å². The zero-order valence-electron chi connectivity index (χ0n) is 9.53. The fraction of sp³-hybridized carbons (Fsp3) is 0.364. The lowest BCUT2D eigenvalue weighted by atomic mass is 10.1. The van der Waals surface area contributed by atoms with Crippen molar-refractivity contribution >= 4 is 31.3 Å². The lowest BCUT2D eigenvalue weighted by Gasteiger charge is -2.15. The molecule has 1 aromatic rings. The first-order valence-corrected chi connectivity index (χ1v) is 7.48. The largest absolute Gasteiger partial charge is 0.312 e. The fourth-order valence-corrected chi connectivity index (χ4v) is 3.33. The van der Waals surface area contributed by atoms with E-state index in [1.54, 1.807) is 17.9 Å². The van der Waals surface area contributed by atoms with Crippen molar-refractivity contribution in [2.24, 2.45) is 0 Å². The van der Waals surface area contributed by atoms with Gasteiger partial charge in [-0.15, -0.1) is 0 Å². The number of carbonyl (C=O) groups is 1. The van der Waals surface area contributed by atoms with Crippen LogP contribution in [0.4, 0.5) is 5.69 Å². The van der Waals surface area contributed by atoms with Crippen LogP contribution >= 0.6 is 10.7 Å². The van der Waals surface area contributed by atoms with Gasteiger partial charge in [0.15, 0.2) is 0 Å². The van der Waals surface area contributed by atoms with Gasteiger partial charge in [0.05, 0.1) is 4.90 Å². The highest BCUT2D eigenvalue weighted by Crippen LogP contribution is 2.33. The highest BCUT2D eigenvalue weighted by molar-refractivity contribution is 8.13. The fourth-order valence-electron chi connectivity index (χ4n) is 2.13. The van der Waals surface area contributed by atoms with Gasteiger partial charge in [0, 0.05) is 29.8 Å². The van der Waals surface area contributed by atoms with Crippen molar-refractivity contribution in [1.82, 2.24) is 0 Å². The Morgan fingerprint density at radius 2 is 2.06 bits per heavy atom. The summed E-state index contributed by atoms with van der Waals surface area (Å²) >= 11 is 0. The number of aryl methyl sites for hydroxylation is 1. The van der Waals surface area contributed by atoms with Crippen molar-refractivity contribution in [3.8, 4) is 0 Å². The van der Waals surface area contributed by atoms with Gasteiger partial charge in [-0.25, -0.2) is 8.42 Å². The highest BCUT2D eigenvalue weighted by atomic mass is 35.7. The lowest BCUT2D eigenvalue weighted by molar-refractivity contribution is -0.116. The van der Waals surface area contributed by atoms with Crippen molar-refractivity contribution in [2.45, 2.75) is 25.2 Å². The molecular weight excluding hydrogens is 262 g/mol. The normalized spacial score (nSPS) is 14.9. The summed E-state index contributed by atoms with van der Waals surface area (Å²) in [6, 6.07) is 3.27. The number of nitrogens with zero attached hydrogens (tertiary/aromatic N) is 1. The van der Waals surface area contributed by atoms with Crippen LogP contribution < -0.4 is 4.90 Å². The number of anilines is 1. The molecule has 0 bridgehead atoms. The van der Waals surface area contributed by atoms with E-state index in [0.717, 1.165) is 12.0 Å². The van der Waals surface area contributed by atoms with E-state index in [1.807, 2.05) is 0 Å². The maximum absolute atomic E-state index is 11.4. The van der Waals surface area contributed by atoms with Gasteiger partial charge in [-0.2, -0.15) is 0 Å². The van der Waals surface area contributed by atoms with E-state index < -0.39 is 9.05 Å². The molecule has 1 amide bonds. The first-order valence-electron chi connectivity index (χ1n) is 5.17. The Bertz CT molecular complexity index is 595. The molecule has 1 aromatic carbocycles. The van der Waals surface area contributed by atoms with E-state index >= 15 is 0 Å². The van der Waals surface area contributed by atoms with Crippen LogP contribution in [0, 0.1) is 6.92 Å². The van der Waals surface area contributed by atoms with Gasteiger partial charge in [-0.05, 0) is 30.5 Å². The molecule has 0 N–H and O–H groups in total. The molecule has 0 radical (unpaired) electrons. The van der Waals surface area contributed by atoms with E-state index in [0.29, 0.717) is 17.8 Å². The molecule has 0 aliphatic carbocycles. The third-order valence-corrected chi connectivity index (χ3v) is 4.38. The number of halogens is 1. The topological polar surface area (TPSA) is 54.5 Å². The highest BCUT2D eigenvalue weighted by Gasteiger charge is 2.25. The minimum atomic E-state index is -3.77. The molecule has 17 heavy (non-hydrogen) atoms. The summed E-state index contributed by atoms with van der Waals surface area (Å²) < 4.78 is 22.8. The SMILES string of the molecule is CC(=O)N1CCc2cc(C)c(S(=O)(=O)Cl)cc21. The zero-order chi connectivity index (χ0) is 12.8. The molecule has 0 fully saturated rings. The smallest absolute Gasteiger partial charge is 0.261 e. The summed E-state index contributed by atoms with van der Waals surface area (Å²) in [5.41, 5.74) is 2.26. The van der Waals surface area contributed by atoms with Gasteiger partial charge >= 0.3 is 0 Å². The molecule has 0 atom stereocenters. The lowest BCUT2D eigenvalue weighted by Crippen LogP contribution is -2.25. The Balaban J connectivity index is 2.63. The predicted molar refractivity (Wildman–Crippen MR) is 65.9 cm³/mol. The average Bonchev–Trinajstić information content (AvgIpc) is 2.57. The summed E-state index contributed by atoms with van der Waals surface area (Å²) in [5, 5.41) is 0. The summed E-state index contributed by atoms with van der Waals surface area (Å²) in [6.07, 6.45) is 0.748. The second-order valence-corrected chi connectivity index (χ2v) is 6.64. The third-order valence-electron chi connectivity index (χ3n) is 2.91. The minimum absolute atomic E-state index is 0.0751. The Morgan fingerprint density at radius 3 is 2.59 bits per heavy atom. The van der Waals surface area contributed by atoms with Crippen LogP contribution in [0.3, 0.4) is 0 Å². The van der Waals surface area contributed by atoms with Crippen molar-refractivity contribution < 1.29 is 13.2 Å². The summed E-state index contributed by atoms with van der Waals surface area (Å²) in [6.45, 7) is 3.76. The molecule has 1 aliphatic heterocycles. The zero-order valence-corrected chi connectivity index (χ0v) is 11.1. The first kappa shape index (κ1) is 12.4. The van der Waals surface area contributed by atoms with Crippen molar-refractivity contribution in [3.05, 3.63) is 23.3 Å². The Labute approximate surface area is 105 Å². The second-order valence-electron chi connectivity index (χ2n) is 4.10. The monoisotopic (exact) mass is 273 g/mol. The Kier molecular flexibility index (Phi) is 2.91. The number of benzene rings is 1.